The van der Waals surface area contributed by atoms with Gasteiger partial charge in [0.1, 0.15) is 5.75 Å². The molecule has 0 spiro atoms. The maximum absolute atomic E-state index is 13.0. The quantitative estimate of drug-likeness (QED) is 0.614. The van der Waals surface area contributed by atoms with Crippen LogP contribution in [0.25, 0.3) is 0 Å². The average Bonchev–Trinajstić information content (AvgIpc) is 2.60. The molecule has 2 heterocycles. The molecule has 6 heteroatoms. The minimum atomic E-state index is -0.240. The number of benzene rings is 1. The van der Waals surface area contributed by atoms with Gasteiger partial charge in [0.05, 0.1) is 12.9 Å². The second kappa shape index (κ2) is 7.04. The van der Waals surface area contributed by atoms with Gasteiger partial charge in [-0.1, -0.05) is 18.7 Å². The van der Waals surface area contributed by atoms with Crippen molar-refractivity contribution in [3.8, 4) is 5.75 Å². The molecule has 1 aromatic heterocycles. The maximum atomic E-state index is 13.0. The van der Waals surface area contributed by atoms with E-state index in [-0.39, 0.29) is 11.4 Å². The van der Waals surface area contributed by atoms with Crippen LogP contribution in [0.4, 0.5) is 5.69 Å². The Hall–Kier alpha value is -2.08. The van der Waals surface area contributed by atoms with Gasteiger partial charge in [-0.25, -0.2) is 9.97 Å². The zero-order valence-electron chi connectivity index (χ0n) is 15.0. The van der Waals surface area contributed by atoms with Crippen LogP contribution in [0.2, 0.25) is 0 Å². The van der Waals surface area contributed by atoms with Gasteiger partial charge in [0.15, 0.2) is 5.16 Å². The van der Waals surface area contributed by atoms with Crippen LogP contribution in [0.15, 0.2) is 41.8 Å². The fourth-order valence-corrected chi connectivity index (χ4v) is 4.21. The fraction of sp³-hybridized carbons (Fsp3) is 0.421. The van der Waals surface area contributed by atoms with Crippen LogP contribution in [0, 0.1) is 0 Å². The standard InChI is InChI=1S/C19H23N3O2S/c1-13-11-19(2,3)22(16-7-6-14(24-4)10-15(13)16)17(23)12-25-18-20-8-5-9-21-18/h5-10,13H,11-12H2,1-4H3/t13-/m1/s1. The molecule has 2 aromatic rings. The summed E-state index contributed by atoms with van der Waals surface area (Å²) in [6, 6.07) is 7.72. The summed E-state index contributed by atoms with van der Waals surface area (Å²) in [5.74, 6) is 1.58. The molecule has 5 nitrogen and oxygen atoms in total. The number of carbonyl (C=O) groups is 1. The Morgan fingerprint density at radius 3 is 2.76 bits per heavy atom. The summed E-state index contributed by atoms with van der Waals surface area (Å²) < 4.78 is 5.36. The van der Waals surface area contributed by atoms with Gasteiger partial charge in [0, 0.05) is 23.6 Å². The number of fused-ring (bicyclic) bond motifs is 1. The molecule has 132 valence electrons. The molecule has 1 amide bonds. The van der Waals surface area contributed by atoms with Crippen molar-refractivity contribution in [2.75, 3.05) is 17.8 Å². The second-order valence-electron chi connectivity index (χ2n) is 6.89. The second-order valence-corrected chi connectivity index (χ2v) is 7.83. The van der Waals surface area contributed by atoms with Gasteiger partial charge in [-0.2, -0.15) is 0 Å². The van der Waals surface area contributed by atoms with E-state index in [9.17, 15) is 4.79 Å². The van der Waals surface area contributed by atoms with Crippen LogP contribution in [0.3, 0.4) is 0 Å². The first-order valence-corrected chi connectivity index (χ1v) is 9.32. The highest BCUT2D eigenvalue weighted by Crippen LogP contribution is 2.44. The first kappa shape index (κ1) is 17.7. The van der Waals surface area contributed by atoms with Gasteiger partial charge < -0.3 is 9.64 Å². The molecule has 1 atom stereocenters. The van der Waals surface area contributed by atoms with Crippen LogP contribution in [0.1, 0.15) is 38.7 Å². The van der Waals surface area contributed by atoms with E-state index in [1.165, 1.54) is 11.8 Å². The Morgan fingerprint density at radius 1 is 1.36 bits per heavy atom. The number of nitrogens with zero attached hydrogens (tertiary/aromatic N) is 3. The van der Waals surface area contributed by atoms with Crippen molar-refractivity contribution in [1.82, 2.24) is 9.97 Å². The monoisotopic (exact) mass is 357 g/mol. The molecule has 0 fully saturated rings. The topological polar surface area (TPSA) is 55.3 Å². The number of hydrogen-bond donors (Lipinski definition) is 0. The fourth-order valence-electron chi connectivity index (χ4n) is 3.56. The summed E-state index contributed by atoms with van der Waals surface area (Å²) in [5.41, 5.74) is 1.90. The smallest absolute Gasteiger partial charge is 0.237 e. The Labute approximate surface area is 152 Å². The lowest BCUT2D eigenvalue weighted by atomic mass is 9.80. The third-order valence-corrected chi connectivity index (χ3v) is 5.39. The minimum absolute atomic E-state index is 0.0702. The molecule has 0 bridgehead atoms. The predicted molar refractivity (Wildman–Crippen MR) is 100 cm³/mol. The van der Waals surface area contributed by atoms with E-state index in [1.807, 2.05) is 23.1 Å². The number of amides is 1. The summed E-state index contributed by atoms with van der Waals surface area (Å²) in [6.07, 6.45) is 4.28. The summed E-state index contributed by atoms with van der Waals surface area (Å²) in [7, 11) is 1.67. The maximum Gasteiger partial charge on any atom is 0.237 e. The molecule has 25 heavy (non-hydrogen) atoms. The number of thioether (sulfide) groups is 1. The zero-order chi connectivity index (χ0) is 18.0. The average molecular weight is 357 g/mol. The van der Waals surface area contributed by atoms with Crippen LogP contribution in [0.5, 0.6) is 5.75 Å². The Bertz CT molecular complexity index is 765. The lowest BCUT2D eigenvalue weighted by Gasteiger charge is -2.46. The van der Waals surface area contributed by atoms with Gasteiger partial charge in [0.2, 0.25) is 5.91 Å². The molecule has 0 aliphatic carbocycles. The van der Waals surface area contributed by atoms with Crippen LogP contribution < -0.4 is 9.64 Å². The predicted octanol–water partition coefficient (Wildman–Crippen LogP) is 3.90. The Balaban J connectivity index is 1.88. The molecule has 0 saturated carbocycles. The highest BCUT2D eigenvalue weighted by molar-refractivity contribution is 7.99. The van der Waals surface area contributed by atoms with Crippen molar-refractivity contribution in [2.24, 2.45) is 0 Å². The number of rotatable bonds is 4. The van der Waals surface area contributed by atoms with Gasteiger partial charge in [0.25, 0.3) is 0 Å². The zero-order valence-corrected chi connectivity index (χ0v) is 15.8. The van der Waals surface area contributed by atoms with Crippen molar-refractivity contribution < 1.29 is 9.53 Å². The molecule has 0 unspecified atom stereocenters. The van der Waals surface area contributed by atoms with Gasteiger partial charge in [-0.15, -0.1) is 0 Å². The number of carbonyl (C=O) groups excluding carboxylic acids is 1. The molecular weight excluding hydrogens is 334 g/mol. The number of anilines is 1. The summed E-state index contributed by atoms with van der Waals surface area (Å²) >= 11 is 1.37. The van der Waals surface area contributed by atoms with E-state index in [4.69, 9.17) is 4.74 Å². The molecule has 1 aliphatic rings. The van der Waals surface area contributed by atoms with Crippen LogP contribution in [-0.2, 0) is 4.79 Å². The summed E-state index contributed by atoms with van der Waals surface area (Å²) in [5, 5.41) is 0.619. The third-order valence-electron chi connectivity index (χ3n) is 4.53. The minimum Gasteiger partial charge on any atom is -0.497 e. The molecular formula is C19H23N3O2S. The van der Waals surface area contributed by atoms with E-state index in [2.05, 4.69) is 30.7 Å². The lowest BCUT2D eigenvalue weighted by molar-refractivity contribution is -0.117. The largest absolute Gasteiger partial charge is 0.497 e. The molecule has 1 aliphatic heterocycles. The first-order valence-electron chi connectivity index (χ1n) is 8.33. The van der Waals surface area contributed by atoms with E-state index < -0.39 is 0 Å². The van der Waals surface area contributed by atoms with E-state index in [0.29, 0.717) is 16.8 Å². The lowest BCUT2D eigenvalue weighted by Crippen LogP contribution is -2.52. The Kier molecular flexibility index (Phi) is 4.99. The van der Waals surface area contributed by atoms with E-state index in [1.54, 1.807) is 25.6 Å². The van der Waals surface area contributed by atoms with E-state index in [0.717, 1.165) is 23.4 Å². The van der Waals surface area contributed by atoms with Crippen LogP contribution in [-0.4, -0.2) is 34.3 Å². The number of ether oxygens (including phenoxy) is 1. The molecule has 3 rings (SSSR count). The van der Waals surface area contributed by atoms with Crippen molar-refractivity contribution in [1.29, 1.82) is 0 Å². The Morgan fingerprint density at radius 2 is 2.08 bits per heavy atom. The molecule has 0 radical (unpaired) electrons. The van der Waals surface area contributed by atoms with Gasteiger partial charge in [-0.05, 0) is 56.0 Å². The number of methoxy groups -OCH3 is 1. The number of hydrogen-bond acceptors (Lipinski definition) is 5. The number of aromatic nitrogens is 2. The van der Waals surface area contributed by atoms with Crippen molar-refractivity contribution in [3.63, 3.8) is 0 Å². The molecule has 1 aromatic carbocycles. The molecule has 0 saturated heterocycles. The SMILES string of the molecule is COc1ccc2c(c1)[C@H](C)CC(C)(C)N2C(=O)CSc1ncccn1. The van der Waals surface area contributed by atoms with Crippen molar-refractivity contribution in [2.45, 2.75) is 43.8 Å². The van der Waals surface area contributed by atoms with E-state index >= 15 is 0 Å². The van der Waals surface area contributed by atoms with Crippen LogP contribution >= 0.6 is 11.8 Å². The summed E-state index contributed by atoms with van der Waals surface area (Å²) in [6.45, 7) is 6.45. The summed E-state index contributed by atoms with van der Waals surface area (Å²) in [4.78, 5) is 23.3. The van der Waals surface area contributed by atoms with Crippen molar-refractivity contribution >= 4 is 23.4 Å². The molecule has 0 N–H and O–H groups in total. The highest BCUT2D eigenvalue weighted by Gasteiger charge is 2.39. The third kappa shape index (κ3) is 3.63. The van der Waals surface area contributed by atoms with Crippen molar-refractivity contribution in [3.05, 3.63) is 42.2 Å². The van der Waals surface area contributed by atoms with Gasteiger partial charge in [-0.3, -0.25) is 4.79 Å². The first-order chi connectivity index (χ1) is 11.9. The van der Waals surface area contributed by atoms with Gasteiger partial charge >= 0.3 is 0 Å². The highest BCUT2D eigenvalue weighted by atomic mass is 32.2. The normalized spacial score (nSPS) is 18.6.